The minimum atomic E-state index is 0.442. The molecule has 0 bridgehead atoms. The summed E-state index contributed by atoms with van der Waals surface area (Å²) >= 11 is 0. The third kappa shape index (κ3) is 2.41. The molecule has 1 aliphatic carbocycles. The van der Waals surface area contributed by atoms with Crippen LogP contribution in [0.15, 0.2) is 6.20 Å². The predicted molar refractivity (Wildman–Crippen MR) is 66.9 cm³/mol. The Morgan fingerprint density at radius 1 is 1.44 bits per heavy atom. The van der Waals surface area contributed by atoms with Gasteiger partial charge in [-0.15, -0.1) is 5.10 Å². The average molecular weight is 251 g/mol. The number of rotatable bonds is 4. The summed E-state index contributed by atoms with van der Waals surface area (Å²) in [4.78, 5) is 2.50. The van der Waals surface area contributed by atoms with Gasteiger partial charge in [0.25, 0.3) is 0 Å². The minimum Gasteiger partial charge on any atom is -0.375 e. The Labute approximate surface area is 107 Å². The van der Waals surface area contributed by atoms with Gasteiger partial charge in [0.1, 0.15) is 0 Å². The van der Waals surface area contributed by atoms with Crippen LogP contribution in [-0.2, 0) is 17.8 Å². The number of nitrogens with zero attached hydrogens (tertiary/aromatic N) is 4. The second-order valence-electron chi connectivity index (χ2n) is 5.14. The first-order chi connectivity index (χ1) is 8.86. The van der Waals surface area contributed by atoms with Crippen molar-refractivity contribution >= 4 is 0 Å². The zero-order valence-electron chi connectivity index (χ0n) is 10.7. The van der Waals surface area contributed by atoms with Gasteiger partial charge in [-0.05, 0) is 19.3 Å². The second kappa shape index (κ2) is 5.34. The summed E-state index contributed by atoms with van der Waals surface area (Å²) in [7, 11) is 0. The third-order valence-electron chi connectivity index (χ3n) is 3.91. The largest absolute Gasteiger partial charge is 0.375 e. The van der Waals surface area contributed by atoms with Crippen LogP contribution in [0.1, 0.15) is 25.0 Å². The van der Waals surface area contributed by atoms with Crippen LogP contribution in [0, 0.1) is 0 Å². The molecule has 1 aromatic heterocycles. The Kier molecular flexibility index (Phi) is 3.58. The van der Waals surface area contributed by atoms with E-state index in [1.54, 1.807) is 0 Å². The van der Waals surface area contributed by atoms with E-state index in [-0.39, 0.29) is 0 Å². The van der Waals surface area contributed by atoms with Crippen molar-refractivity contribution in [3.63, 3.8) is 0 Å². The number of ether oxygens (including phenoxy) is 1. The van der Waals surface area contributed by atoms with E-state index in [1.807, 2.05) is 10.9 Å². The zero-order valence-corrected chi connectivity index (χ0v) is 10.7. The number of hydrogen-bond donors (Lipinski definition) is 1. The first-order valence-electron chi connectivity index (χ1n) is 6.81. The summed E-state index contributed by atoms with van der Waals surface area (Å²) in [6.45, 7) is 4.07. The molecule has 18 heavy (non-hydrogen) atoms. The van der Waals surface area contributed by atoms with Crippen molar-refractivity contribution in [3.05, 3.63) is 11.9 Å². The standard InChI is InChI=1S/C12H21N5O/c13-4-5-17-9-10(14-15-17)8-16-6-7-18-12-3-1-2-11(12)16/h9,11-12H,1-8,13H2. The zero-order chi connectivity index (χ0) is 12.4. The molecule has 0 amide bonds. The number of fused-ring (bicyclic) bond motifs is 1. The van der Waals surface area contributed by atoms with Gasteiger partial charge < -0.3 is 10.5 Å². The van der Waals surface area contributed by atoms with Gasteiger partial charge in [0.05, 0.1) is 24.9 Å². The van der Waals surface area contributed by atoms with Crippen LogP contribution >= 0.6 is 0 Å². The molecule has 1 aromatic rings. The van der Waals surface area contributed by atoms with Gasteiger partial charge in [0.15, 0.2) is 0 Å². The first kappa shape index (κ1) is 12.1. The van der Waals surface area contributed by atoms with E-state index in [2.05, 4.69) is 15.2 Å². The highest BCUT2D eigenvalue weighted by Crippen LogP contribution is 2.30. The molecule has 0 radical (unpaired) electrons. The maximum Gasteiger partial charge on any atom is 0.0967 e. The van der Waals surface area contributed by atoms with Gasteiger partial charge in [0.2, 0.25) is 0 Å². The van der Waals surface area contributed by atoms with Gasteiger partial charge in [0, 0.05) is 31.9 Å². The van der Waals surface area contributed by atoms with Crippen molar-refractivity contribution in [3.8, 4) is 0 Å². The summed E-state index contributed by atoms with van der Waals surface area (Å²) in [5.41, 5.74) is 6.55. The lowest BCUT2D eigenvalue weighted by molar-refractivity contribution is -0.0592. The normalized spacial score (nSPS) is 28.5. The Morgan fingerprint density at radius 3 is 3.28 bits per heavy atom. The van der Waals surface area contributed by atoms with Crippen LogP contribution < -0.4 is 5.73 Å². The molecule has 1 saturated carbocycles. The quantitative estimate of drug-likeness (QED) is 0.815. The predicted octanol–water partition coefficient (Wildman–Crippen LogP) is -0.00990. The highest BCUT2D eigenvalue weighted by Gasteiger charge is 2.36. The number of aromatic nitrogens is 3. The molecule has 100 valence electrons. The molecule has 2 aliphatic rings. The van der Waals surface area contributed by atoms with E-state index in [0.29, 0.717) is 18.7 Å². The molecule has 2 atom stereocenters. The Morgan fingerprint density at radius 2 is 2.39 bits per heavy atom. The molecule has 2 heterocycles. The molecule has 3 rings (SSSR count). The van der Waals surface area contributed by atoms with Gasteiger partial charge in [-0.3, -0.25) is 9.58 Å². The molecule has 6 heteroatoms. The minimum absolute atomic E-state index is 0.442. The third-order valence-corrected chi connectivity index (χ3v) is 3.91. The fraction of sp³-hybridized carbons (Fsp3) is 0.833. The van der Waals surface area contributed by atoms with Crippen LogP contribution in [-0.4, -0.2) is 51.7 Å². The molecule has 2 fully saturated rings. The van der Waals surface area contributed by atoms with Crippen molar-refractivity contribution in [1.82, 2.24) is 19.9 Å². The van der Waals surface area contributed by atoms with Crippen molar-refractivity contribution < 1.29 is 4.74 Å². The van der Waals surface area contributed by atoms with E-state index in [4.69, 9.17) is 10.5 Å². The van der Waals surface area contributed by atoms with Gasteiger partial charge >= 0.3 is 0 Å². The first-order valence-corrected chi connectivity index (χ1v) is 6.81. The maximum atomic E-state index is 5.81. The SMILES string of the molecule is NCCn1cc(CN2CCOC3CCCC32)nn1. The lowest BCUT2D eigenvalue weighted by Crippen LogP contribution is -2.47. The summed E-state index contributed by atoms with van der Waals surface area (Å²) in [5.74, 6) is 0. The van der Waals surface area contributed by atoms with Crippen LogP contribution in [0.4, 0.5) is 0 Å². The second-order valence-corrected chi connectivity index (χ2v) is 5.14. The molecule has 2 N–H and O–H groups in total. The Bertz CT molecular complexity index is 394. The van der Waals surface area contributed by atoms with E-state index < -0.39 is 0 Å². The summed E-state index contributed by atoms with van der Waals surface area (Å²) in [6.07, 6.45) is 6.19. The van der Waals surface area contributed by atoms with Crippen LogP contribution in [0.2, 0.25) is 0 Å². The van der Waals surface area contributed by atoms with E-state index >= 15 is 0 Å². The van der Waals surface area contributed by atoms with Crippen molar-refractivity contribution in [2.75, 3.05) is 19.7 Å². The topological polar surface area (TPSA) is 69.2 Å². The summed E-state index contributed by atoms with van der Waals surface area (Å²) in [6, 6.07) is 0.582. The monoisotopic (exact) mass is 251 g/mol. The smallest absolute Gasteiger partial charge is 0.0967 e. The summed E-state index contributed by atoms with van der Waals surface area (Å²) < 4.78 is 7.64. The van der Waals surface area contributed by atoms with Gasteiger partial charge in [-0.2, -0.15) is 0 Å². The number of nitrogens with two attached hydrogens (primary N) is 1. The molecular formula is C12H21N5O. The van der Waals surface area contributed by atoms with Crippen LogP contribution in [0.5, 0.6) is 0 Å². The van der Waals surface area contributed by atoms with Crippen molar-refractivity contribution in [2.45, 2.75) is 44.5 Å². The molecular weight excluding hydrogens is 230 g/mol. The molecule has 1 saturated heterocycles. The van der Waals surface area contributed by atoms with Crippen molar-refractivity contribution in [1.29, 1.82) is 0 Å². The maximum absolute atomic E-state index is 5.81. The highest BCUT2D eigenvalue weighted by molar-refractivity contribution is 4.97. The summed E-state index contributed by atoms with van der Waals surface area (Å²) in [5, 5.41) is 8.30. The van der Waals surface area contributed by atoms with Crippen LogP contribution in [0.3, 0.4) is 0 Å². The van der Waals surface area contributed by atoms with E-state index in [1.165, 1.54) is 19.3 Å². The van der Waals surface area contributed by atoms with E-state index in [0.717, 1.165) is 31.9 Å². The lowest BCUT2D eigenvalue weighted by atomic mass is 10.1. The Balaban J connectivity index is 1.63. The molecule has 6 nitrogen and oxygen atoms in total. The number of morpholine rings is 1. The van der Waals surface area contributed by atoms with Gasteiger partial charge in [-0.1, -0.05) is 5.21 Å². The van der Waals surface area contributed by atoms with Crippen LogP contribution in [0.25, 0.3) is 0 Å². The fourth-order valence-corrected chi connectivity index (χ4v) is 3.06. The van der Waals surface area contributed by atoms with E-state index in [9.17, 15) is 0 Å². The van der Waals surface area contributed by atoms with Crippen molar-refractivity contribution in [2.24, 2.45) is 5.73 Å². The van der Waals surface area contributed by atoms with Gasteiger partial charge in [-0.25, -0.2) is 0 Å². The number of hydrogen-bond acceptors (Lipinski definition) is 5. The molecule has 2 unspecified atom stereocenters. The molecule has 0 aromatic carbocycles. The molecule has 1 aliphatic heterocycles. The highest BCUT2D eigenvalue weighted by atomic mass is 16.5. The fourth-order valence-electron chi connectivity index (χ4n) is 3.06. The molecule has 0 spiro atoms. The average Bonchev–Trinajstić information content (AvgIpc) is 2.99. The Hall–Kier alpha value is -0.980. The lowest BCUT2D eigenvalue weighted by Gasteiger charge is -2.37.